The fourth-order valence-electron chi connectivity index (χ4n) is 3.51. The number of hydrogen-bond donors (Lipinski definition) is 1. The van der Waals surface area contributed by atoms with Gasteiger partial charge in [-0.3, -0.25) is 9.80 Å². The molecule has 0 radical (unpaired) electrons. The molecule has 1 aliphatic heterocycles. The van der Waals surface area contributed by atoms with Gasteiger partial charge in [-0.2, -0.15) is 0 Å². The van der Waals surface area contributed by atoms with Crippen LogP contribution in [0.15, 0.2) is 30.3 Å². The maximum absolute atomic E-state index is 5.80. The van der Waals surface area contributed by atoms with E-state index in [1.54, 1.807) is 0 Å². The second kappa shape index (κ2) is 6.70. The molecule has 3 nitrogen and oxygen atoms in total. The number of rotatable bonds is 6. The van der Waals surface area contributed by atoms with E-state index in [9.17, 15) is 0 Å². The van der Waals surface area contributed by atoms with E-state index in [1.165, 1.54) is 44.3 Å². The van der Waals surface area contributed by atoms with Crippen LogP contribution < -0.4 is 5.73 Å². The summed E-state index contributed by atoms with van der Waals surface area (Å²) in [6.45, 7) is 5.43. The lowest BCUT2D eigenvalue weighted by Gasteiger charge is -2.39. The SMILES string of the molecule is NCCN(C1CC1)C1CCCN(Cc2ccccc2)C1. The number of piperidine rings is 1. The second-order valence-electron chi connectivity index (χ2n) is 6.27. The van der Waals surface area contributed by atoms with Crippen LogP contribution in [0, 0.1) is 0 Å². The standard InChI is InChI=1S/C17H27N3/c18-10-12-20(16-8-9-16)17-7-4-11-19(14-17)13-15-5-2-1-3-6-15/h1-3,5-6,16-17H,4,7-14,18H2. The molecule has 2 fully saturated rings. The van der Waals surface area contributed by atoms with Crippen LogP contribution in [-0.4, -0.2) is 48.1 Å². The van der Waals surface area contributed by atoms with Crippen molar-refractivity contribution < 1.29 is 0 Å². The Morgan fingerprint density at radius 2 is 1.90 bits per heavy atom. The molecule has 0 aromatic heterocycles. The second-order valence-corrected chi connectivity index (χ2v) is 6.27. The first-order chi connectivity index (χ1) is 9.86. The lowest BCUT2D eigenvalue weighted by Crippen LogP contribution is -2.49. The van der Waals surface area contributed by atoms with Crippen LogP contribution >= 0.6 is 0 Å². The van der Waals surface area contributed by atoms with Crippen molar-refractivity contribution in [2.24, 2.45) is 5.73 Å². The van der Waals surface area contributed by atoms with Gasteiger partial charge in [0, 0.05) is 38.3 Å². The molecule has 1 saturated heterocycles. The molecule has 2 aliphatic rings. The summed E-state index contributed by atoms with van der Waals surface area (Å²) in [6, 6.07) is 12.4. The van der Waals surface area contributed by atoms with Gasteiger partial charge in [-0.15, -0.1) is 0 Å². The van der Waals surface area contributed by atoms with Gasteiger partial charge in [-0.05, 0) is 37.8 Å². The monoisotopic (exact) mass is 273 g/mol. The Kier molecular flexibility index (Phi) is 4.71. The molecule has 1 aliphatic carbocycles. The van der Waals surface area contributed by atoms with E-state index in [4.69, 9.17) is 5.73 Å². The lowest BCUT2D eigenvalue weighted by molar-refractivity contribution is 0.0895. The minimum Gasteiger partial charge on any atom is -0.329 e. The largest absolute Gasteiger partial charge is 0.329 e. The van der Waals surface area contributed by atoms with Crippen LogP contribution in [0.3, 0.4) is 0 Å². The summed E-state index contributed by atoms with van der Waals surface area (Å²) in [4.78, 5) is 5.31. The van der Waals surface area contributed by atoms with Crippen LogP contribution in [-0.2, 0) is 6.54 Å². The van der Waals surface area contributed by atoms with Gasteiger partial charge >= 0.3 is 0 Å². The quantitative estimate of drug-likeness (QED) is 0.861. The first-order valence-corrected chi connectivity index (χ1v) is 8.09. The Bertz CT molecular complexity index is 402. The molecule has 0 bridgehead atoms. The van der Waals surface area contributed by atoms with Gasteiger partial charge in [0.25, 0.3) is 0 Å². The van der Waals surface area contributed by atoms with Crippen molar-refractivity contribution >= 4 is 0 Å². The maximum atomic E-state index is 5.80. The summed E-state index contributed by atoms with van der Waals surface area (Å²) in [5, 5.41) is 0. The van der Waals surface area contributed by atoms with E-state index in [0.29, 0.717) is 0 Å². The van der Waals surface area contributed by atoms with Gasteiger partial charge < -0.3 is 5.73 Å². The molecule has 0 amide bonds. The third-order valence-corrected chi connectivity index (χ3v) is 4.60. The predicted octanol–water partition coefficient (Wildman–Crippen LogP) is 2.07. The number of benzene rings is 1. The van der Waals surface area contributed by atoms with Crippen molar-refractivity contribution in [1.29, 1.82) is 0 Å². The van der Waals surface area contributed by atoms with Crippen LogP contribution in [0.5, 0.6) is 0 Å². The average molecular weight is 273 g/mol. The number of likely N-dealkylation sites (tertiary alicyclic amines) is 1. The zero-order valence-corrected chi connectivity index (χ0v) is 12.4. The van der Waals surface area contributed by atoms with Gasteiger partial charge in [0.2, 0.25) is 0 Å². The molecule has 110 valence electrons. The van der Waals surface area contributed by atoms with Gasteiger partial charge in [0.05, 0.1) is 0 Å². The van der Waals surface area contributed by atoms with Crippen molar-refractivity contribution in [2.45, 2.75) is 44.3 Å². The Morgan fingerprint density at radius 1 is 1.10 bits per heavy atom. The van der Waals surface area contributed by atoms with E-state index in [-0.39, 0.29) is 0 Å². The Labute approximate surface area is 122 Å². The third kappa shape index (κ3) is 3.60. The van der Waals surface area contributed by atoms with E-state index in [1.807, 2.05) is 0 Å². The average Bonchev–Trinajstić information content (AvgIpc) is 3.31. The molecule has 2 N–H and O–H groups in total. The molecule has 1 aromatic rings. The normalized spacial score (nSPS) is 24.2. The van der Waals surface area contributed by atoms with Crippen LogP contribution in [0.25, 0.3) is 0 Å². The van der Waals surface area contributed by atoms with E-state index < -0.39 is 0 Å². The summed E-state index contributed by atoms with van der Waals surface area (Å²) < 4.78 is 0. The minimum absolute atomic E-state index is 0.725. The number of nitrogens with zero attached hydrogens (tertiary/aromatic N) is 2. The molecule has 1 heterocycles. The van der Waals surface area contributed by atoms with Crippen LogP contribution in [0.1, 0.15) is 31.2 Å². The van der Waals surface area contributed by atoms with Crippen molar-refractivity contribution in [1.82, 2.24) is 9.80 Å². The van der Waals surface area contributed by atoms with Gasteiger partial charge in [0.1, 0.15) is 0 Å². The van der Waals surface area contributed by atoms with Gasteiger partial charge in [0.15, 0.2) is 0 Å². The first-order valence-electron chi connectivity index (χ1n) is 8.09. The molecule has 1 saturated carbocycles. The zero-order chi connectivity index (χ0) is 13.8. The van der Waals surface area contributed by atoms with Crippen molar-refractivity contribution in [3.63, 3.8) is 0 Å². The van der Waals surface area contributed by atoms with Crippen molar-refractivity contribution in [3.05, 3.63) is 35.9 Å². The topological polar surface area (TPSA) is 32.5 Å². The van der Waals surface area contributed by atoms with E-state index >= 15 is 0 Å². The Hall–Kier alpha value is -0.900. The highest BCUT2D eigenvalue weighted by Gasteiger charge is 2.35. The summed E-state index contributed by atoms with van der Waals surface area (Å²) in [5.41, 5.74) is 7.24. The van der Waals surface area contributed by atoms with Gasteiger partial charge in [-0.1, -0.05) is 30.3 Å². The minimum atomic E-state index is 0.725. The highest BCUT2D eigenvalue weighted by atomic mass is 15.3. The highest BCUT2D eigenvalue weighted by molar-refractivity contribution is 5.14. The Balaban J connectivity index is 1.58. The molecule has 3 heteroatoms. The zero-order valence-electron chi connectivity index (χ0n) is 12.4. The molecule has 1 unspecified atom stereocenters. The highest BCUT2D eigenvalue weighted by Crippen LogP contribution is 2.31. The third-order valence-electron chi connectivity index (χ3n) is 4.60. The summed E-state index contributed by atoms with van der Waals surface area (Å²) >= 11 is 0. The molecular formula is C17H27N3. The number of hydrogen-bond acceptors (Lipinski definition) is 3. The molecule has 0 spiro atoms. The predicted molar refractivity (Wildman–Crippen MR) is 83.5 cm³/mol. The summed E-state index contributed by atoms with van der Waals surface area (Å²) in [5.74, 6) is 0. The fourth-order valence-corrected chi connectivity index (χ4v) is 3.51. The van der Waals surface area contributed by atoms with E-state index in [2.05, 4.69) is 40.1 Å². The van der Waals surface area contributed by atoms with Crippen LogP contribution in [0.2, 0.25) is 0 Å². The lowest BCUT2D eigenvalue weighted by atomic mass is 10.0. The molecule has 3 rings (SSSR count). The van der Waals surface area contributed by atoms with Crippen molar-refractivity contribution in [3.8, 4) is 0 Å². The smallest absolute Gasteiger partial charge is 0.0234 e. The first kappa shape index (κ1) is 14.1. The number of nitrogens with two attached hydrogens (primary N) is 1. The fraction of sp³-hybridized carbons (Fsp3) is 0.647. The maximum Gasteiger partial charge on any atom is 0.0234 e. The van der Waals surface area contributed by atoms with Crippen molar-refractivity contribution in [2.75, 3.05) is 26.2 Å². The van der Waals surface area contributed by atoms with Gasteiger partial charge in [-0.25, -0.2) is 0 Å². The molecular weight excluding hydrogens is 246 g/mol. The molecule has 1 aromatic carbocycles. The van der Waals surface area contributed by atoms with Crippen LogP contribution in [0.4, 0.5) is 0 Å². The van der Waals surface area contributed by atoms with E-state index in [0.717, 1.165) is 31.7 Å². The molecule has 1 atom stereocenters. The Morgan fingerprint density at radius 3 is 2.60 bits per heavy atom. The summed E-state index contributed by atoms with van der Waals surface area (Å²) in [7, 11) is 0. The molecule has 20 heavy (non-hydrogen) atoms. The summed E-state index contributed by atoms with van der Waals surface area (Å²) in [6.07, 6.45) is 5.44.